The van der Waals surface area contributed by atoms with Crippen molar-refractivity contribution in [3.8, 4) is 0 Å². The highest BCUT2D eigenvalue weighted by molar-refractivity contribution is 5.77. The molecule has 2 aliphatic rings. The van der Waals surface area contributed by atoms with Crippen LogP contribution in [0.25, 0.3) is 0 Å². The molecule has 138 valence electrons. The molecule has 1 aromatic rings. The number of likely N-dealkylation sites (tertiary alicyclic amines) is 1. The first-order valence-corrected chi connectivity index (χ1v) is 9.58. The van der Waals surface area contributed by atoms with Gasteiger partial charge in [0, 0.05) is 24.4 Å². The fraction of sp³-hybridized carbons (Fsp3) is 0.650. The van der Waals surface area contributed by atoms with Crippen LogP contribution < -0.4 is 10.2 Å². The number of benzene rings is 1. The van der Waals surface area contributed by atoms with Crippen molar-refractivity contribution in [3.63, 3.8) is 0 Å². The van der Waals surface area contributed by atoms with Crippen molar-refractivity contribution in [2.75, 3.05) is 19.6 Å². The van der Waals surface area contributed by atoms with E-state index in [9.17, 15) is 14.3 Å². The van der Waals surface area contributed by atoms with Crippen LogP contribution in [0.5, 0.6) is 0 Å². The summed E-state index contributed by atoms with van der Waals surface area (Å²) < 4.78 is 14.0. The summed E-state index contributed by atoms with van der Waals surface area (Å²) in [7, 11) is 0. The van der Waals surface area contributed by atoms with Gasteiger partial charge in [-0.2, -0.15) is 0 Å². The zero-order valence-corrected chi connectivity index (χ0v) is 15.1. The summed E-state index contributed by atoms with van der Waals surface area (Å²) in [5, 5.41) is 14.0. The maximum Gasteiger partial charge on any atom is 0.275 e. The number of hydrogen-bond donors (Lipinski definition) is 3. The smallest absolute Gasteiger partial charge is 0.275 e. The number of carbonyl (C=O) groups is 1. The first-order chi connectivity index (χ1) is 12.0. The summed E-state index contributed by atoms with van der Waals surface area (Å²) in [4.78, 5) is 13.5. The molecule has 1 aliphatic heterocycles. The highest BCUT2D eigenvalue weighted by atomic mass is 19.1. The van der Waals surface area contributed by atoms with E-state index in [1.807, 2.05) is 0 Å². The average Bonchev–Trinajstić information content (AvgIpc) is 2.59. The Bertz CT molecular complexity index is 599. The number of aliphatic hydroxyl groups is 1. The quantitative estimate of drug-likeness (QED) is 0.769. The molecule has 0 bridgehead atoms. The third kappa shape index (κ3) is 4.39. The van der Waals surface area contributed by atoms with Crippen molar-refractivity contribution in [1.29, 1.82) is 0 Å². The van der Waals surface area contributed by atoms with E-state index in [2.05, 4.69) is 12.2 Å². The molecule has 5 heteroatoms. The molecular weight excluding hydrogens is 319 g/mol. The van der Waals surface area contributed by atoms with Crippen LogP contribution in [-0.2, 0) is 10.4 Å². The maximum atomic E-state index is 14.0. The Morgan fingerprint density at radius 2 is 1.96 bits per heavy atom. The van der Waals surface area contributed by atoms with E-state index in [0.29, 0.717) is 50.0 Å². The van der Waals surface area contributed by atoms with E-state index in [4.69, 9.17) is 0 Å². The topological polar surface area (TPSA) is 53.8 Å². The Hall–Kier alpha value is -1.46. The number of piperidine rings is 1. The Kier molecular flexibility index (Phi) is 5.74. The van der Waals surface area contributed by atoms with Gasteiger partial charge < -0.3 is 15.3 Å². The second kappa shape index (κ2) is 7.83. The van der Waals surface area contributed by atoms with Gasteiger partial charge in [-0.1, -0.05) is 38.0 Å². The first kappa shape index (κ1) is 18.3. The van der Waals surface area contributed by atoms with E-state index in [-0.39, 0.29) is 11.7 Å². The molecule has 1 amide bonds. The lowest BCUT2D eigenvalue weighted by molar-refractivity contribution is -0.900. The molecule has 3 rings (SSSR count). The summed E-state index contributed by atoms with van der Waals surface area (Å²) in [6.07, 6.45) is 5.69. The van der Waals surface area contributed by atoms with Crippen molar-refractivity contribution < 1.29 is 19.2 Å². The lowest BCUT2D eigenvalue weighted by Gasteiger charge is -2.36. The van der Waals surface area contributed by atoms with E-state index in [1.54, 1.807) is 18.2 Å². The van der Waals surface area contributed by atoms with Gasteiger partial charge in [0.2, 0.25) is 0 Å². The predicted octanol–water partition coefficient (Wildman–Crippen LogP) is 1.39. The fourth-order valence-corrected chi connectivity index (χ4v) is 4.32. The van der Waals surface area contributed by atoms with Crippen molar-refractivity contribution in [1.82, 2.24) is 5.32 Å². The highest BCUT2D eigenvalue weighted by Crippen LogP contribution is 2.31. The number of nitrogens with one attached hydrogen (secondary N) is 2. The van der Waals surface area contributed by atoms with Gasteiger partial charge in [0.25, 0.3) is 5.91 Å². The van der Waals surface area contributed by atoms with Crippen molar-refractivity contribution >= 4 is 5.91 Å². The van der Waals surface area contributed by atoms with Gasteiger partial charge in [0.15, 0.2) is 6.54 Å². The van der Waals surface area contributed by atoms with Gasteiger partial charge in [-0.3, -0.25) is 4.79 Å². The zero-order chi connectivity index (χ0) is 17.9. The van der Waals surface area contributed by atoms with E-state index < -0.39 is 5.60 Å². The van der Waals surface area contributed by atoms with Crippen LogP contribution in [0.2, 0.25) is 0 Å². The molecule has 3 N–H and O–H groups in total. The van der Waals surface area contributed by atoms with E-state index >= 15 is 0 Å². The van der Waals surface area contributed by atoms with Crippen LogP contribution >= 0.6 is 0 Å². The molecule has 25 heavy (non-hydrogen) atoms. The van der Waals surface area contributed by atoms with Crippen LogP contribution in [0.3, 0.4) is 0 Å². The first-order valence-electron chi connectivity index (χ1n) is 9.58. The molecule has 1 saturated carbocycles. The SMILES string of the molecule is C[C@@H]1CCCC[C@H]1NC(=O)C[NH+]1CCC(O)(c2ccccc2F)CC1. The molecule has 0 unspecified atom stereocenters. The minimum atomic E-state index is -1.11. The zero-order valence-electron chi connectivity index (χ0n) is 15.1. The standard InChI is InChI=1S/C20H29FN2O2/c1-15-6-2-5-9-18(15)22-19(24)14-23-12-10-20(25,11-13-23)16-7-3-4-8-17(16)21/h3-4,7-8,15,18,25H,2,5-6,9-14H2,1H3,(H,22,24)/p+1/t15-,18-/m1/s1. The third-order valence-corrected chi connectivity index (χ3v) is 6.03. The minimum absolute atomic E-state index is 0.102. The average molecular weight is 349 g/mol. The fourth-order valence-electron chi connectivity index (χ4n) is 4.32. The summed E-state index contributed by atoms with van der Waals surface area (Å²) in [6, 6.07) is 6.76. The van der Waals surface area contributed by atoms with Gasteiger partial charge in [-0.25, -0.2) is 4.39 Å². The number of quaternary nitrogens is 1. The van der Waals surface area contributed by atoms with Crippen molar-refractivity contribution in [2.24, 2.45) is 5.92 Å². The largest absolute Gasteiger partial charge is 0.385 e. The Morgan fingerprint density at radius 1 is 1.28 bits per heavy atom. The second-order valence-corrected chi connectivity index (χ2v) is 7.87. The third-order valence-electron chi connectivity index (χ3n) is 6.03. The van der Waals surface area contributed by atoms with Gasteiger partial charge >= 0.3 is 0 Å². The molecule has 2 fully saturated rings. The number of rotatable bonds is 4. The Morgan fingerprint density at radius 3 is 2.64 bits per heavy atom. The molecule has 1 aromatic carbocycles. The molecule has 0 radical (unpaired) electrons. The highest BCUT2D eigenvalue weighted by Gasteiger charge is 2.38. The Balaban J connectivity index is 1.50. The van der Waals surface area contributed by atoms with E-state index in [1.165, 1.54) is 30.2 Å². The van der Waals surface area contributed by atoms with Crippen LogP contribution in [0.15, 0.2) is 24.3 Å². The molecule has 1 aliphatic carbocycles. The van der Waals surface area contributed by atoms with E-state index in [0.717, 1.165) is 6.42 Å². The van der Waals surface area contributed by atoms with Crippen LogP contribution in [-0.4, -0.2) is 36.7 Å². The summed E-state index contributed by atoms with van der Waals surface area (Å²) in [5.41, 5.74) is -0.724. The molecule has 4 nitrogen and oxygen atoms in total. The molecule has 0 aromatic heterocycles. The van der Waals surface area contributed by atoms with Crippen LogP contribution in [0.1, 0.15) is 51.0 Å². The predicted molar refractivity (Wildman–Crippen MR) is 94.7 cm³/mol. The summed E-state index contributed by atoms with van der Waals surface area (Å²) in [5.74, 6) is 0.308. The number of halogens is 1. The van der Waals surface area contributed by atoms with Crippen molar-refractivity contribution in [3.05, 3.63) is 35.6 Å². The van der Waals surface area contributed by atoms with Crippen LogP contribution in [0.4, 0.5) is 4.39 Å². The molecular formula is C20H30FN2O2+. The second-order valence-electron chi connectivity index (χ2n) is 7.87. The summed E-state index contributed by atoms with van der Waals surface area (Å²) in [6.45, 7) is 4.01. The van der Waals surface area contributed by atoms with Gasteiger partial charge in [0.1, 0.15) is 11.4 Å². The normalized spacial score (nSPS) is 33.0. The van der Waals surface area contributed by atoms with Crippen LogP contribution in [0, 0.1) is 11.7 Å². The van der Waals surface area contributed by atoms with Gasteiger partial charge in [0.05, 0.1) is 13.1 Å². The van der Waals surface area contributed by atoms with Gasteiger partial charge in [-0.05, 0) is 24.8 Å². The lowest BCUT2D eigenvalue weighted by atomic mass is 9.84. The lowest BCUT2D eigenvalue weighted by Crippen LogP contribution is -3.14. The number of carbonyl (C=O) groups excluding carboxylic acids is 1. The molecule has 1 heterocycles. The number of amides is 1. The minimum Gasteiger partial charge on any atom is -0.385 e. The monoisotopic (exact) mass is 349 g/mol. The Labute approximate surface area is 149 Å². The maximum absolute atomic E-state index is 14.0. The van der Waals surface area contributed by atoms with Crippen molar-refractivity contribution in [2.45, 2.75) is 57.1 Å². The van der Waals surface area contributed by atoms with Gasteiger partial charge in [-0.15, -0.1) is 0 Å². The molecule has 0 spiro atoms. The molecule has 2 atom stereocenters. The molecule has 1 saturated heterocycles. The summed E-state index contributed by atoms with van der Waals surface area (Å²) >= 11 is 0. The number of hydrogen-bond acceptors (Lipinski definition) is 2.